The summed E-state index contributed by atoms with van der Waals surface area (Å²) in [6.07, 6.45) is 0. The number of rotatable bonds is 4. The molecule has 0 bridgehead atoms. The van der Waals surface area contributed by atoms with Crippen molar-refractivity contribution in [3.63, 3.8) is 0 Å². The molecule has 3 N–H and O–H groups in total. The quantitative estimate of drug-likeness (QED) is 0.639. The molecular formula is C11H12ClN3O4. The van der Waals surface area contributed by atoms with Crippen LogP contribution in [0.2, 0.25) is 5.02 Å². The second-order valence-corrected chi connectivity index (χ2v) is 4.77. The lowest BCUT2D eigenvalue weighted by molar-refractivity contribution is -0.384. The van der Waals surface area contributed by atoms with Crippen LogP contribution in [0, 0.1) is 10.1 Å². The van der Waals surface area contributed by atoms with E-state index in [-0.39, 0.29) is 16.3 Å². The molecule has 0 unspecified atom stereocenters. The molecule has 0 atom stereocenters. The summed E-state index contributed by atoms with van der Waals surface area (Å²) in [4.78, 5) is 33.0. The second-order valence-electron chi connectivity index (χ2n) is 4.37. The van der Waals surface area contributed by atoms with Crippen LogP contribution < -0.4 is 11.1 Å². The van der Waals surface area contributed by atoms with Crippen LogP contribution in [-0.4, -0.2) is 22.3 Å². The summed E-state index contributed by atoms with van der Waals surface area (Å²) in [7, 11) is 0. The predicted octanol–water partition coefficient (Wildman–Crippen LogP) is 1.24. The Labute approximate surface area is 113 Å². The molecule has 0 aliphatic carbocycles. The third-order valence-electron chi connectivity index (χ3n) is 2.45. The van der Waals surface area contributed by atoms with Gasteiger partial charge < -0.3 is 11.1 Å². The first-order chi connectivity index (χ1) is 8.65. The van der Waals surface area contributed by atoms with E-state index in [1.807, 2.05) is 0 Å². The Morgan fingerprint density at radius 3 is 2.47 bits per heavy atom. The first-order valence-electron chi connectivity index (χ1n) is 5.21. The van der Waals surface area contributed by atoms with Gasteiger partial charge >= 0.3 is 0 Å². The van der Waals surface area contributed by atoms with Crippen molar-refractivity contribution < 1.29 is 14.5 Å². The molecule has 0 radical (unpaired) electrons. The predicted molar refractivity (Wildman–Crippen MR) is 68.8 cm³/mol. The normalized spacial score (nSPS) is 10.9. The van der Waals surface area contributed by atoms with E-state index in [2.05, 4.69) is 5.32 Å². The number of nitro benzene ring substituents is 1. The van der Waals surface area contributed by atoms with Crippen molar-refractivity contribution in [3.8, 4) is 0 Å². The number of nitrogens with zero attached hydrogens (tertiary/aromatic N) is 1. The van der Waals surface area contributed by atoms with Gasteiger partial charge in [0, 0.05) is 11.6 Å². The molecule has 7 nitrogen and oxygen atoms in total. The molecule has 0 saturated carbocycles. The highest BCUT2D eigenvalue weighted by Crippen LogP contribution is 2.25. The fourth-order valence-electron chi connectivity index (χ4n) is 1.21. The van der Waals surface area contributed by atoms with Crippen molar-refractivity contribution in [2.45, 2.75) is 19.4 Å². The maximum atomic E-state index is 11.9. The highest BCUT2D eigenvalue weighted by molar-refractivity contribution is 6.32. The van der Waals surface area contributed by atoms with E-state index in [1.54, 1.807) is 0 Å². The molecule has 0 aromatic heterocycles. The summed E-state index contributed by atoms with van der Waals surface area (Å²) in [5.41, 5.74) is 3.49. The summed E-state index contributed by atoms with van der Waals surface area (Å²) in [6, 6.07) is 3.60. The van der Waals surface area contributed by atoms with Gasteiger partial charge in [0.15, 0.2) is 0 Å². The molecule has 2 amide bonds. The van der Waals surface area contributed by atoms with Gasteiger partial charge in [0.05, 0.1) is 4.92 Å². The monoisotopic (exact) mass is 285 g/mol. The molecule has 0 aliphatic heterocycles. The first kappa shape index (κ1) is 14.9. The fourth-order valence-corrected chi connectivity index (χ4v) is 1.40. The molecule has 0 fully saturated rings. The van der Waals surface area contributed by atoms with E-state index < -0.39 is 22.3 Å². The minimum Gasteiger partial charge on any atom is -0.368 e. The van der Waals surface area contributed by atoms with Crippen LogP contribution >= 0.6 is 11.6 Å². The highest BCUT2D eigenvalue weighted by Gasteiger charge is 2.28. The number of nitrogens with one attached hydrogen (secondary N) is 1. The Morgan fingerprint density at radius 2 is 2.00 bits per heavy atom. The van der Waals surface area contributed by atoms with Crippen molar-refractivity contribution in [2.24, 2.45) is 5.73 Å². The minimum atomic E-state index is -1.26. The van der Waals surface area contributed by atoms with Gasteiger partial charge in [-0.25, -0.2) is 0 Å². The Hall–Kier alpha value is -2.15. The van der Waals surface area contributed by atoms with Crippen LogP contribution in [0.3, 0.4) is 0 Å². The average molecular weight is 286 g/mol. The van der Waals surface area contributed by atoms with Crippen molar-refractivity contribution in [1.29, 1.82) is 0 Å². The zero-order chi connectivity index (χ0) is 14.8. The SMILES string of the molecule is CC(C)(NC(=O)c1ccc(Cl)c([N+](=O)[O-])c1)C(N)=O. The largest absolute Gasteiger partial charge is 0.368 e. The lowest BCUT2D eigenvalue weighted by Crippen LogP contribution is -2.53. The van der Waals surface area contributed by atoms with Crippen LogP contribution in [0.25, 0.3) is 0 Å². The van der Waals surface area contributed by atoms with Gasteiger partial charge in [-0.2, -0.15) is 0 Å². The fraction of sp³-hybridized carbons (Fsp3) is 0.273. The van der Waals surface area contributed by atoms with Gasteiger partial charge in [-0.1, -0.05) is 11.6 Å². The molecule has 0 heterocycles. The number of benzene rings is 1. The van der Waals surface area contributed by atoms with Gasteiger partial charge in [-0.3, -0.25) is 19.7 Å². The average Bonchev–Trinajstić information content (AvgIpc) is 2.28. The van der Waals surface area contributed by atoms with E-state index in [0.717, 1.165) is 6.07 Å². The van der Waals surface area contributed by atoms with Crippen molar-refractivity contribution in [3.05, 3.63) is 38.9 Å². The molecular weight excluding hydrogens is 274 g/mol. The number of hydrogen-bond acceptors (Lipinski definition) is 4. The van der Waals surface area contributed by atoms with Crippen LogP contribution in [0.15, 0.2) is 18.2 Å². The summed E-state index contributed by atoms with van der Waals surface area (Å²) < 4.78 is 0. The summed E-state index contributed by atoms with van der Waals surface area (Å²) in [5, 5.41) is 13.0. The maximum Gasteiger partial charge on any atom is 0.288 e. The van der Waals surface area contributed by atoms with E-state index in [9.17, 15) is 19.7 Å². The lowest BCUT2D eigenvalue weighted by atomic mass is 10.0. The van der Waals surface area contributed by atoms with Crippen LogP contribution in [0.5, 0.6) is 0 Å². The van der Waals surface area contributed by atoms with E-state index in [4.69, 9.17) is 17.3 Å². The van der Waals surface area contributed by atoms with E-state index >= 15 is 0 Å². The Bertz CT molecular complexity index is 557. The number of amides is 2. The topological polar surface area (TPSA) is 115 Å². The van der Waals surface area contributed by atoms with Gasteiger partial charge in [-0.05, 0) is 26.0 Å². The molecule has 1 aromatic rings. The number of nitrogens with two attached hydrogens (primary N) is 1. The number of hydrogen-bond donors (Lipinski definition) is 2. The summed E-state index contributed by atoms with van der Waals surface area (Å²) >= 11 is 5.63. The van der Waals surface area contributed by atoms with Gasteiger partial charge in [0.1, 0.15) is 10.6 Å². The molecule has 0 spiro atoms. The lowest BCUT2D eigenvalue weighted by Gasteiger charge is -2.22. The van der Waals surface area contributed by atoms with Crippen molar-refractivity contribution in [2.75, 3.05) is 0 Å². The number of primary amides is 1. The number of carbonyl (C=O) groups excluding carboxylic acids is 2. The number of carbonyl (C=O) groups is 2. The number of nitro groups is 1. The molecule has 102 valence electrons. The zero-order valence-corrected chi connectivity index (χ0v) is 11.0. The molecule has 1 rings (SSSR count). The van der Waals surface area contributed by atoms with Crippen molar-refractivity contribution >= 4 is 29.1 Å². The van der Waals surface area contributed by atoms with Gasteiger partial charge in [-0.15, -0.1) is 0 Å². The summed E-state index contributed by atoms with van der Waals surface area (Å²) in [6.45, 7) is 2.86. The summed E-state index contributed by atoms with van der Waals surface area (Å²) in [5.74, 6) is -1.37. The molecule has 1 aromatic carbocycles. The Kier molecular flexibility index (Phi) is 4.10. The smallest absolute Gasteiger partial charge is 0.288 e. The Balaban J connectivity index is 3.05. The molecule has 8 heteroatoms. The third-order valence-corrected chi connectivity index (χ3v) is 2.77. The molecule has 19 heavy (non-hydrogen) atoms. The van der Waals surface area contributed by atoms with E-state index in [1.165, 1.54) is 26.0 Å². The van der Waals surface area contributed by atoms with Gasteiger partial charge in [0.2, 0.25) is 5.91 Å². The van der Waals surface area contributed by atoms with Crippen LogP contribution in [0.4, 0.5) is 5.69 Å². The third kappa shape index (κ3) is 3.41. The maximum absolute atomic E-state index is 11.9. The Morgan fingerprint density at radius 1 is 1.42 bits per heavy atom. The van der Waals surface area contributed by atoms with Gasteiger partial charge in [0.25, 0.3) is 11.6 Å². The van der Waals surface area contributed by atoms with Crippen molar-refractivity contribution in [1.82, 2.24) is 5.32 Å². The molecule has 0 aliphatic rings. The minimum absolute atomic E-state index is 0.0189. The van der Waals surface area contributed by atoms with E-state index in [0.29, 0.717) is 0 Å². The van der Waals surface area contributed by atoms with Crippen LogP contribution in [0.1, 0.15) is 24.2 Å². The van der Waals surface area contributed by atoms with Crippen LogP contribution in [-0.2, 0) is 4.79 Å². The first-order valence-corrected chi connectivity index (χ1v) is 5.59. The molecule has 0 saturated heterocycles. The highest BCUT2D eigenvalue weighted by atomic mass is 35.5. The zero-order valence-electron chi connectivity index (χ0n) is 10.3. The standard InChI is InChI=1S/C11H12ClN3O4/c1-11(2,10(13)17)14-9(16)6-3-4-7(12)8(5-6)15(18)19/h3-5H,1-2H3,(H2,13,17)(H,14,16). The number of halogens is 1. The second kappa shape index (κ2) is 5.23.